The van der Waals surface area contributed by atoms with Gasteiger partial charge in [0.1, 0.15) is 0 Å². The minimum atomic E-state index is 0.793. The summed E-state index contributed by atoms with van der Waals surface area (Å²) in [5.74, 6) is 1.32. The van der Waals surface area contributed by atoms with Crippen LogP contribution in [0.5, 0.6) is 0 Å². The molecule has 0 aromatic heterocycles. The summed E-state index contributed by atoms with van der Waals surface area (Å²) in [4.78, 5) is 2.64. The first-order valence-corrected chi connectivity index (χ1v) is 7.97. The topological polar surface area (TPSA) is 15.3 Å². The van der Waals surface area contributed by atoms with E-state index in [9.17, 15) is 0 Å². The summed E-state index contributed by atoms with van der Waals surface area (Å²) in [5.41, 5.74) is 0. The van der Waals surface area contributed by atoms with E-state index in [0.29, 0.717) is 0 Å². The Hall–Kier alpha value is 0.270. The Morgan fingerprint density at radius 3 is 2.75 bits per heavy atom. The molecule has 2 unspecified atom stereocenters. The van der Waals surface area contributed by atoms with Gasteiger partial charge in [-0.15, -0.1) is 0 Å². The molecule has 0 saturated carbocycles. The van der Waals surface area contributed by atoms with Crippen LogP contribution in [0.2, 0.25) is 0 Å². The van der Waals surface area contributed by atoms with E-state index >= 15 is 0 Å². The van der Waals surface area contributed by atoms with E-state index in [4.69, 9.17) is 0 Å². The van der Waals surface area contributed by atoms with Crippen molar-refractivity contribution < 1.29 is 0 Å². The van der Waals surface area contributed by atoms with Crippen molar-refractivity contribution in [3.05, 3.63) is 0 Å². The molecular weight excluding hydrogens is 216 g/mol. The van der Waals surface area contributed by atoms with Crippen LogP contribution < -0.4 is 5.32 Å². The van der Waals surface area contributed by atoms with Gasteiger partial charge in [-0.2, -0.15) is 11.8 Å². The number of piperidine rings is 1. The quantitative estimate of drug-likeness (QED) is 0.745. The van der Waals surface area contributed by atoms with Gasteiger partial charge in [0.25, 0.3) is 0 Å². The highest BCUT2D eigenvalue weighted by Gasteiger charge is 2.20. The van der Waals surface area contributed by atoms with Crippen LogP contribution in [0.15, 0.2) is 0 Å². The second-order valence-corrected chi connectivity index (χ2v) is 6.76. The molecule has 3 heteroatoms. The fourth-order valence-corrected chi connectivity index (χ4v) is 3.93. The van der Waals surface area contributed by atoms with Gasteiger partial charge in [-0.1, -0.05) is 13.3 Å². The van der Waals surface area contributed by atoms with Crippen molar-refractivity contribution in [1.82, 2.24) is 10.2 Å². The standard InChI is InChI=1S/C13H26N2S/c1-12-10-13(11-16-12)14-6-5-9-15-7-3-2-4-8-15/h12-14H,2-11H2,1H3. The molecule has 2 heterocycles. The first-order chi connectivity index (χ1) is 7.84. The van der Waals surface area contributed by atoms with Gasteiger partial charge in [0, 0.05) is 17.0 Å². The molecule has 0 aromatic rings. The highest BCUT2D eigenvalue weighted by molar-refractivity contribution is 8.00. The summed E-state index contributed by atoms with van der Waals surface area (Å²) in [6.07, 6.45) is 6.99. The van der Waals surface area contributed by atoms with Crippen molar-refractivity contribution >= 4 is 11.8 Å². The summed E-state index contributed by atoms with van der Waals surface area (Å²) in [6.45, 7) is 7.56. The van der Waals surface area contributed by atoms with Crippen LogP contribution in [0.1, 0.15) is 39.0 Å². The maximum atomic E-state index is 3.70. The molecule has 16 heavy (non-hydrogen) atoms. The Morgan fingerprint density at radius 1 is 1.25 bits per heavy atom. The molecule has 0 spiro atoms. The van der Waals surface area contributed by atoms with Crippen molar-refractivity contribution in [2.45, 2.75) is 50.3 Å². The normalized spacial score (nSPS) is 32.1. The number of nitrogens with zero attached hydrogens (tertiary/aromatic N) is 1. The summed E-state index contributed by atoms with van der Waals surface area (Å²) in [5, 5.41) is 4.58. The predicted octanol–water partition coefficient (Wildman–Crippen LogP) is 2.35. The third-order valence-electron chi connectivity index (χ3n) is 3.73. The Bertz CT molecular complexity index is 186. The van der Waals surface area contributed by atoms with Crippen molar-refractivity contribution in [3.63, 3.8) is 0 Å². The van der Waals surface area contributed by atoms with E-state index in [1.165, 1.54) is 64.0 Å². The van der Waals surface area contributed by atoms with Crippen LogP contribution in [0.25, 0.3) is 0 Å². The average Bonchev–Trinajstić information content (AvgIpc) is 2.72. The molecule has 0 aromatic carbocycles. The fraction of sp³-hybridized carbons (Fsp3) is 1.00. The Kier molecular flexibility index (Phi) is 5.46. The fourth-order valence-electron chi connectivity index (χ4n) is 2.75. The first kappa shape index (κ1) is 12.7. The summed E-state index contributed by atoms with van der Waals surface area (Å²) >= 11 is 2.12. The second kappa shape index (κ2) is 6.87. The molecule has 2 rings (SSSR count). The molecule has 0 radical (unpaired) electrons. The van der Waals surface area contributed by atoms with Crippen LogP contribution in [0, 0.1) is 0 Å². The molecule has 2 fully saturated rings. The first-order valence-electron chi connectivity index (χ1n) is 6.92. The lowest BCUT2D eigenvalue weighted by Crippen LogP contribution is -2.35. The number of likely N-dealkylation sites (tertiary alicyclic amines) is 1. The molecule has 94 valence electrons. The maximum Gasteiger partial charge on any atom is 0.0168 e. The van der Waals surface area contributed by atoms with Gasteiger partial charge in [-0.25, -0.2) is 0 Å². The number of rotatable bonds is 5. The lowest BCUT2D eigenvalue weighted by molar-refractivity contribution is 0.225. The zero-order chi connectivity index (χ0) is 11.2. The van der Waals surface area contributed by atoms with Crippen LogP contribution in [0.4, 0.5) is 0 Å². The highest BCUT2D eigenvalue weighted by Crippen LogP contribution is 2.25. The number of hydrogen-bond acceptors (Lipinski definition) is 3. The van der Waals surface area contributed by atoms with Gasteiger partial charge >= 0.3 is 0 Å². The minimum Gasteiger partial charge on any atom is -0.313 e. The second-order valence-electron chi connectivity index (χ2n) is 5.29. The SMILES string of the molecule is CC1CC(NCCCN2CCCCC2)CS1. The summed E-state index contributed by atoms with van der Waals surface area (Å²) < 4.78 is 0. The van der Waals surface area contributed by atoms with Gasteiger partial charge in [0.05, 0.1) is 0 Å². The predicted molar refractivity (Wildman–Crippen MR) is 73.2 cm³/mol. The molecule has 2 nitrogen and oxygen atoms in total. The molecule has 2 saturated heterocycles. The smallest absolute Gasteiger partial charge is 0.0168 e. The largest absolute Gasteiger partial charge is 0.313 e. The molecule has 0 amide bonds. The number of thioether (sulfide) groups is 1. The zero-order valence-corrected chi connectivity index (χ0v) is 11.4. The molecule has 0 bridgehead atoms. The van der Waals surface area contributed by atoms with Crippen LogP contribution in [-0.2, 0) is 0 Å². The van der Waals surface area contributed by atoms with E-state index in [1.807, 2.05) is 0 Å². The minimum absolute atomic E-state index is 0.793. The molecule has 1 N–H and O–H groups in total. The van der Waals surface area contributed by atoms with E-state index < -0.39 is 0 Å². The third kappa shape index (κ3) is 4.27. The molecule has 0 aliphatic carbocycles. The highest BCUT2D eigenvalue weighted by atomic mass is 32.2. The van der Waals surface area contributed by atoms with Crippen molar-refractivity contribution in [1.29, 1.82) is 0 Å². The number of hydrogen-bond donors (Lipinski definition) is 1. The molecule has 2 aliphatic rings. The van der Waals surface area contributed by atoms with Crippen molar-refractivity contribution in [2.75, 3.05) is 31.9 Å². The summed E-state index contributed by atoms with van der Waals surface area (Å²) in [6, 6.07) is 0.793. The average molecular weight is 242 g/mol. The zero-order valence-electron chi connectivity index (χ0n) is 10.6. The maximum absolute atomic E-state index is 3.70. The van der Waals surface area contributed by atoms with Crippen molar-refractivity contribution in [3.8, 4) is 0 Å². The van der Waals surface area contributed by atoms with Gasteiger partial charge in [-0.05, 0) is 51.9 Å². The molecular formula is C13H26N2S. The van der Waals surface area contributed by atoms with Crippen LogP contribution in [-0.4, -0.2) is 48.1 Å². The van der Waals surface area contributed by atoms with E-state index in [2.05, 4.69) is 28.9 Å². The van der Waals surface area contributed by atoms with E-state index in [1.54, 1.807) is 0 Å². The Morgan fingerprint density at radius 2 is 2.06 bits per heavy atom. The number of nitrogens with one attached hydrogen (secondary N) is 1. The van der Waals surface area contributed by atoms with E-state index in [0.717, 1.165) is 11.3 Å². The summed E-state index contributed by atoms with van der Waals surface area (Å²) in [7, 11) is 0. The monoisotopic (exact) mass is 242 g/mol. The molecule has 2 atom stereocenters. The van der Waals surface area contributed by atoms with E-state index in [-0.39, 0.29) is 0 Å². The van der Waals surface area contributed by atoms with Gasteiger partial charge in [-0.3, -0.25) is 0 Å². The third-order valence-corrected chi connectivity index (χ3v) is 5.09. The van der Waals surface area contributed by atoms with Crippen LogP contribution in [0.3, 0.4) is 0 Å². The van der Waals surface area contributed by atoms with Crippen LogP contribution >= 0.6 is 11.8 Å². The molecule has 2 aliphatic heterocycles. The lowest BCUT2D eigenvalue weighted by Gasteiger charge is -2.26. The Labute approximate surface area is 105 Å². The van der Waals surface area contributed by atoms with Gasteiger partial charge in [0.2, 0.25) is 0 Å². The van der Waals surface area contributed by atoms with Gasteiger partial charge in [0.15, 0.2) is 0 Å². The van der Waals surface area contributed by atoms with Gasteiger partial charge < -0.3 is 10.2 Å². The van der Waals surface area contributed by atoms with Crippen molar-refractivity contribution in [2.24, 2.45) is 0 Å². The Balaban J connectivity index is 1.48. The lowest BCUT2D eigenvalue weighted by atomic mass is 10.1.